The minimum Gasteiger partial charge on any atom is -0.454 e. The van der Waals surface area contributed by atoms with Gasteiger partial charge in [-0.2, -0.15) is 0 Å². The summed E-state index contributed by atoms with van der Waals surface area (Å²) in [6.07, 6.45) is 4.55. The van der Waals surface area contributed by atoms with E-state index in [0.29, 0.717) is 12.8 Å². The number of hydrogen-bond acceptors (Lipinski definition) is 6. The van der Waals surface area contributed by atoms with Crippen molar-refractivity contribution >= 4 is 5.91 Å². The van der Waals surface area contributed by atoms with Gasteiger partial charge in [-0.15, -0.1) is 0 Å². The Morgan fingerprint density at radius 1 is 1.04 bits per heavy atom. The summed E-state index contributed by atoms with van der Waals surface area (Å²) in [7, 11) is 0. The van der Waals surface area contributed by atoms with Crippen LogP contribution in [-0.2, 0) is 11.3 Å². The maximum absolute atomic E-state index is 12.5. The zero-order valence-corrected chi connectivity index (χ0v) is 15.7. The minimum atomic E-state index is -0.00968. The van der Waals surface area contributed by atoms with E-state index in [1.165, 1.54) is 18.4 Å². The molecule has 3 atom stereocenters. The Labute approximate surface area is 160 Å². The Morgan fingerprint density at radius 2 is 1.85 bits per heavy atom. The van der Waals surface area contributed by atoms with Crippen molar-refractivity contribution in [2.24, 2.45) is 5.92 Å². The lowest BCUT2D eigenvalue weighted by molar-refractivity contribution is -0.134. The molecule has 1 amide bonds. The highest BCUT2D eigenvalue weighted by Gasteiger charge is 2.39. The fraction of sp³-hybridized carbons (Fsp3) is 0.650. The monoisotopic (exact) mass is 372 g/mol. The Kier molecular flexibility index (Phi) is 4.67. The summed E-state index contributed by atoms with van der Waals surface area (Å²) >= 11 is 0. The van der Waals surface area contributed by atoms with Gasteiger partial charge in [-0.25, -0.2) is 0 Å². The van der Waals surface area contributed by atoms with Crippen LogP contribution in [0.1, 0.15) is 31.2 Å². The van der Waals surface area contributed by atoms with E-state index in [1.807, 2.05) is 6.07 Å². The van der Waals surface area contributed by atoms with Gasteiger partial charge < -0.3 is 14.8 Å². The first-order chi connectivity index (χ1) is 13.3. The predicted octanol–water partition coefficient (Wildman–Crippen LogP) is 1.09. The number of amides is 1. The van der Waals surface area contributed by atoms with Crippen LogP contribution in [0.2, 0.25) is 0 Å². The van der Waals surface area contributed by atoms with Gasteiger partial charge >= 0.3 is 0 Å². The lowest BCUT2D eigenvalue weighted by Gasteiger charge is -2.46. The molecule has 1 aliphatic carbocycles. The topological polar surface area (TPSA) is 66.1 Å². The van der Waals surface area contributed by atoms with Gasteiger partial charge in [0, 0.05) is 38.8 Å². The van der Waals surface area contributed by atoms with Gasteiger partial charge in [-0.3, -0.25) is 19.9 Å². The molecule has 3 aliphatic heterocycles. The predicted molar refractivity (Wildman–Crippen MR) is 100 cm³/mol. The number of nitrogens with zero attached hydrogens (tertiary/aromatic N) is 2. The van der Waals surface area contributed by atoms with Crippen molar-refractivity contribution in [3.05, 3.63) is 23.8 Å². The van der Waals surface area contributed by atoms with Crippen LogP contribution in [0.5, 0.6) is 11.5 Å². The van der Waals surface area contributed by atoms with Crippen LogP contribution in [0.15, 0.2) is 18.2 Å². The summed E-state index contributed by atoms with van der Waals surface area (Å²) in [5.74, 6) is 2.10. The summed E-state index contributed by atoms with van der Waals surface area (Å²) in [5, 5.41) is 6.90. The fourth-order valence-electron chi connectivity index (χ4n) is 4.80. The maximum Gasteiger partial charge on any atom is 0.231 e. The maximum atomic E-state index is 12.5. The molecule has 3 unspecified atom stereocenters. The molecule has 3 fully saturated rings. The first-order valence-electron chi connectivity index (χ1n) is 10.2. The molecule has 146 valence electrons. The molecule has 4 aliphatic rings. The van der Waals surface area contributed by atoms with Gasteiger partial charge in [0.15, 0.2) is 11.5 Å². The molecule has 7 heteroatoms. The van der Waals surface area contributed by atoms with E-state index in [9.17, 15) is 4.79 Å². The Balaban J connectivity index is 1.15. The van der Waals surface area contributed by atoms with E-state index in [0.717, 1.165) is 57.1 Å². The number of carbonyl (C=O) groups is 1. The molecule has 1 aromatic rings. The summed E-state index contributed by atoms with van der Waals surface area (Å²) in [6, 6.07) is 6.55. The van der Waals surface area contributed by atoms with Crippen molar-refractivity contribution in [1.29, 1.82) is 0 Å². The van der Waals surface area contributed by atoms with Gasteiger partial charge in [-0.1, -0.05) is 18.9 Å². The second-order valence-electron chi connectivity index (χ2n) is 8.07. The number of hydrogen-bond donors (Lipinski definition) is 2. The molecule has 1 saturated carbocycles. The van der Waals surface area contributed by atoms with Crippen LogP contribution in [0.25, 0.3) is 0 Å². The molecular formula is C20H28N4O3. The van der Waals surface area contributed by atoms with E-state index in [4.69, 9.17) is 9.47 Å². The van der Waals surface area contributed by atoms with Gasteiger partial charge in [0.05, 0.1) is 5.92 Å². The average molecular weight is 372 g/mol. The van der Waals surface area contributed by atoms with Crippen LogP contribution < -0.4 is 20.1 Å². The molecule has 3 heterocycles. The largest absolute Gasteiger partial charge is 0.454 e. The molecule has 5 rings (SSSR count). The van der Waals surface area contributed by atoms with Crippen LogP contribution in [-0.4, -0.2) is 61.0 Å². The molecule has 0 spiro atoms. The first kappa shape index (κ1) is 17.3. The van der Waals surface area contributed by atoms with Crippen molar-refractivity contribution in [3.8, 4) is 11.5 Å². The highest BCUT2D eigenvalue weighted by molar-refractivity contribution is 5.80. The van der Waals surface area contributed by atoms with Crippen molar-refractivity contribution in [1.82, 2.24) is 20.4 Å². The van der Waals surface area contributed by atoms with Crippen LogP contribution in [0.4, 0.5) is 0 Å². The number of rotatable bonds is 3. The van der Waals surface area contributed by atoms with Crippen molar-refractivity contribution < 1.29 is 14.3 Å². The molecule has 7 nitrogen and oxygen atoms in total. The number of piperazine rings is 1. The van der Waals surface area contributed by atoms with Crippen LogP contribution in [0, 0.1) is 5.92 Å². The number of benzene rings is 1. The Hall–Kier alpha value is -1.83. The number of fused-ring (bicyclic) bond motifs is 2. The van der Waals surface area contributed by atoms with E-state index in [1.54, 1.807) is 0 Å². The smallest absolute Gasteiger partial charge is 0.231 e. The van der Waals surface area contributed by atoms with Gasteiger partial charge in [-0.05, 0) is 30.5 Å². The van der Waals surface area contributed by atoms with Gasteiger partial charge in [0.1, 0.15) is 6.29 Å². The van der Waals surface area contributed by atoms with E-state index >= 15 is 0 Å². The number of carbonyl (C=O) groups excluding carboxylic acids is 1. The number of nitrogens with one attached hydrogen (secondary N) is 2. The standard InChI is InChI=1S/C20H28N4O3/c25-19-15-3-1-2-4-16(15)21-20(22-19)24-9-7-23(8-10-24)12-14-5-6-17-18(11-14)27-13-26-17/h5-6,11,15-16,20-21H,1-4,7-10,12-13H2,(H,22,25). The summed E-state index contributed by atoms with van der Waals surface area (Å²) in [5.41, 5.74) is 1.25. The molecule has 27 heavy (non-hydrogen) atoms. The van der Waals surface area contributed by atoms with E-state index < -0.39 is 0 Å². The Morgan fingerprint density at radius 3 is 2.74 bits per heavy atom. The average Bonchev–Trinajstić information content (AvgIpc) is 3.16. The third-order valence-electron chi connectivity index (χ3n) is 6.37. The lowest BCUT2D eigenvalue weighted by Crippen LogP contribution is -2.69. The second-order valence-corrected chi connectivity index (χ2v) is 8.07. The molecule has 0 bridgehead atoms. The molecule has 2 saturated heterocycles. The summed E-state index contributed by atoms with van der Waals surface area (Å²) < 4.78 is 10.9. The SMILES string of the molecule is O=C1NC(N2CCN(Cc3ccc4c(c3)OCO4)CC2)NC2CCCCC12. The van der Waals surface area contributed by atoms with Crippen molar-refractivity contribution in [3.63, 3.8) is 0 Å². The van der Waals surface area contributed by atoms with Gasteiger partial charge in [0.25, 0.3) is 0 Å². The highest BCUT2D eigenvalue weighted by Crippen LogP contribution is 2.33. The van der Waals surface area contributed by atoms with E-state index in [2.05, 4.69) is 32.6 Å². The third-order valence-corrected chi connectivity index (χ3v) is 6.37. The Bertz CT molecular complexity index is 704. The quantitative estimate of drug-likeness (QED) is 0.828. The number of ether oxygens (including phenoxy) is 2. The molecule has 0 aromatic heterocycles. The molecule has 2 N–H and O–H groups in total. The normalized spacial score (nSPS) is 31.4. The summed E-state index contributed by atoms with van der Waals surface area (Å²) in [6.45, 7) is 5.14. The van der Waals surface area contributed by atoms with E-state index in [-0.39, 0.29) is 18.1 Å². The third kappa shape index (κ3) is 3.51. The lowest BCUT2D eigenvalue weighted by atomic mass is 9.82. The zero-order valence-electron chi connectivity index (χ0n) is 15.7. The summed E-state index contributed by atoms with van der Waals surface area (Å²) in [4.78, 5) is 17.3. The van der Waals surface area contributed by atoms with Crippen molar-refractivity contribution in [2.75, 3.05) is 33.0 Å². The van der Waals surface area contributed by atoms with Gasteiger partial charge in [0.2, 0.25) is 12.7 Å². The molecule has 0 radical (unpaired) electrons. The minimum absolute atomic E-state index is 0.00968. The van der Waals surface area contributed by atoms with Crippen LogP contribution >= 0.6 is 0 Å². The highest BCUT2D eigenvalue weighted by atomic mass is 16.7. The molecule has 1 aromatic carbocycles. The van der Waals surface area contributed by atoms with Crippen LogP contribution in [0.3, 0.4) is 0 Å². The molecular weight excluding hydrogens is 344 g/mol. The first-order valence-corrected chi connectivity index (χ1v) is 10.2. The fourth-order valence-corrected chi connectivity index (χ4v) is 4.80. The van der Waals surface area contributed by atoms with Crippen molar-refractivity contribution in [2.45, 2.75) is 44.6 Å². The zero-order chi connectivity index (χ0) is 18.2. The second kappa shape index (κ2) is 7.30.